The zero-order valence-corrected chi connectivity index (χ0v) is 20.6. The minimum absolute atomic E-state index is 0.383. The van der Waals surface area contributed by atoms with Crippen LogP contribution in [0.1, 0.15) is 43.4 Å². The van der Waals surface area contributed by atoms with Gasteiger partial charge in [-0.05, 0) is 55.2 Å². The Morgan fingerprint density at radius 1 is 1.12 bits per heavy atom. The summed E-state index contributed by atoms with van der Waals surface area (Å²) in [5, 5.41) is 6.46. The molecule has 8 heteroatoms. The van der Waals surface area contributed by atoms with E-state index in [-0.39, 0.29) is 0 Å². The minimum atomic E-state index is -0.812. The van der Waals surface area contributed by atoms with Gasteiger partial charge in [0.2, 0.25) is 0 Å². The highest BCUT2D eigenvalue weighted by molar-refractivity contribution is 9.10. The van der Waals surface area contributed by atoms with Crippen molar-refractivity contribution >= 4 is 34.0 Å². The van der Waals surface area contributed by atoms with Crippen molar-refractivity contribution in [3.8, 4) is 11.5 Å². The van der Waals surface area contributed by atoms with Crippen molar-refractivity contribution in [1.82, 2.24) is 10.7 Å². The summed E-state index contributed by atoms with van der Waals surface area (Å²) < 4.78 is 12.9. The van der Waals surface area contributed by atoms with Gasteiger partial charge in [0.25, 0.3) is 0 Å². The summed E-state index contributed by atoms with van der Waals surface area (Å²) in [6, 6.07) is 11.6. The molecule has 2 amide bonds. The Labute approximate surface area is 203 Å². The van der Waals surface area contributed by atoms with Gasteiger partial charge in [-0.25, -0.2) is 5.43 Å². The lowest BCUT2D eigenvalue weighted by molar-refractivity contribution is -0.139. The number of carbonyl (C=O) groups is 2. The zero-order valence-electron chi connectivity index (χ0n) is 19.0. The molecule has 0 aliphatic rings. The largest absolute Gasteiger partial charge is 0.490 e. The number of halogens is 1. The van der Waals surface area contributed by atoms with E-state index in [0.717, 1.165) is 28.4 Å². The molecule has 0 aliphatic carbocycles. The first-order chi connectivity index (χ1) is 16.0. The van der Waals surface area contributed by atoms with Crippen LogP contribution < -0.4 is 20.2 Å². The molecule has 0 spiro atoms. The number of nitrogens with one attached hydrogen (secondary N) is 2. The fraction of sp³-hybridized carbons (Fsp3) is 0.320. The van der Waals surface area contributed by atoms with Gasteiger partial charge in [-0.1, -0.05) is 47.5 Å². The standard InChI is InChI=1S/C25H30BrN3O4/c1-4-7-13-27-24(30)25(31)29-28-16-19-14-20(8-5-2)23(22(15-19)32-6-3)33-17-18-9-11-21(26)12-10-18/h5,9-12,14-16H,2,4,6-8,13,17H2,1,3H3,(H,27,30)(H,29,31)/b28-16-. The molecule has 2 rings (SSSR count). The predicted octanol–water partition coefficient (Wildman–Crippen LogP) is 4.52. The molecule has 2 N–H and O–H groups in total. The molecule has 0 aliphatic heterocycles. The van der Waals surface area contributed by atoms with Crippen LogP contribution in [-0.4, -0.2) is 31.2 Å². The zero-order chi connectivity index (χ0) is 24.1. The molecule has 0 saturated heterocycles. The fourth-order valence-corrected chi connectivity index (χ4v) is 3.17. The van der Waals surface area contributed by atoms with Crippen LogP contribution in [-0.2, 0) is 22.6 Å². The number of hydrogen-bond donors (Lipinski definition) is 2. The highest BCUT2D eigenvalue weighted by Gasteiger charge is 2.14. The number of hydrazone groups is 1. The van der Waals surface area contributed by atoms with Crippen LogP contribution in [0.4, 0.5) is 0 Å². The van der Waals surface area contributed by atoms with Crippen LogP contribution in [0.3, 0.4) is 0 Å². The summed E-state index contributed by atoms with van der Waals surface area (Å²) in [6.45, 7) is 9.02. The first-order valence-corrected chi connectivity index (χ1v) is 11.7. The van der Waals surface area contributed by atoms with Crippen LogP contribution >= 0.6 is 15.9 Å². The number of ether oxygens (including phenoxy) is 2. The van der Waals surface area contributed by atoms with Crippen molar-refractivity contribution in [2.24, 2.45) is 5.10 Å². The van der Waals surface area contributed by atoms with Gasteiger partial charge in [-0.3, -0.25) is 9.59 Å². The third-order valence-electron chi connectivity index (χ3n) is 4.52. The molecule has 33 heavy (non-hydrogen) atoms. The quantitative estimate of drug-likeness (QED) is 0.143. The van der Waals surface area contributed by atoms with E-state index in [2.05, 4.69) is 38.4 Å². The summed E-state index contributed by atoms with van der Waals surface area (Å²) >= 11 is 3.43. The molecule has 2 aromatic rings. The Bertz CT molecular complexity index is 974. The Hall–Kier alpha value is -3.13. The topological polar surface area (TPSA) is 89.0 Å². The SMILES string of the molecule is C=CCc1cc(/C=N\NC(=O)C(=O)NCCCC)cc(OCC)c1OCc1ccc(Br)cc1. The van der Waals surface area contributed by atoms with Crippen LogP contribution in [0.15, 0.2) is 58.6 Å². The maximum Gasteiger partial charge on any atom is 0.329 e. The van der Waals surface area contributed by atoms with E-state index in [1.807, 2.05) is 44.2 Å². The molecule has 0 fully saturated rings. The molecule has 0 bridgehead atoms. The van der Waals surface area contributed by atoms with Crippen molar-refractivity contribution in [1.29, 1.82) is 0 Å². The summed E-state index contributed by atoms with van der Waals surface area (Å²) in [6.07, 6.45) is 5.54. The van der Waals surface area contributed by atoms with Crippen molar-refractivity contribution in [3.63, 3.8) is 0 Å². The lowest BCUT2D eigenvalue weighted by atomic mass is 10.1. The first-order valence-electron chi connectivity index (χ1n) is 10.9. The van der Waals surface area contributed by atoms with Gasteiger partial charge in [0.15, 0.2) is 11.5 Å². The molecule has 176 valence electrons. The number of carbonyl (C=O) groups excluding carboxylic acids is 2. The summed E-state index contributed by atoms with van der Waals surface area (Å²) in [7, 11) is 0. The third-order valence-corrected chi connectivity index (χ3v) is 5.05. The number of rotatable bonds is 12. The van der Waals surface area contributed by atoms with Gasteiger partial charge in [0.1, 0.15) is 6.61 Å². The number of hydrogen-bond acceptors (Lipinski definition) is 5. The molecule has 0 unspecified atom stereocenters. The van der Waals surface area contributed by atoms with E-state index in [1.165, 1.54) is 6.21 Å². The van der Waals surface area contributed by atoms with E-state index in [1.54, 1.807) is 12.1 Å². The van der Waals surface area contributed by atoms with Crippen molar-refractivity contribution in [2.45, 2.75) is 39.7 Å². The molecule has 0 saturated carbocycles. The lowest BCUT2D eigenvalue weighted by Gasteiger charge is -2.17. The monoisotopic (exact) mass is 515 g/mol. The normalized spacial score (nSPS) is 10.6. The maximum absolute atomic E-state index is 11.9. The third kappa shape index (κ3) is 8.73. The molecule has 0 radical (unpaired) electrons. The smallest absolute Gasteiger partial charge is 0.329 e. The van der Waals surface area contributed by atoms with Crippen LogP contribution in [0.2, 0.25) is 0 Å². The molecule has 0 heterocycles. The number of nitrogens with zero attached hydrogens (tertiary/aromatic N) is 1. The molecular weight excluding hydrogens is 486 g/mol. The highest BCUT2D eigenvalue weighted by atomic mass is 79.9. The van der Waals surface area contributed by atoms with Crippen molar-refractivity contribution in [2.75, 3.05) is 13.2 Å². The Morgan fingerprint density at radius 2 is 1.88 bits per heavy atom. The molecular formula is C25H30BrN3O4. The first kappa shape index (κ1) is 26.1. The van der Waals surface area contributed by atoms with Crippen molar-refractivity contribution in [3.05, 3.63) is 70.2 Å². The predicted molar refractivity (Wildman–Crippen MR) is 134 cm³/mol. The number of allylic oxidation sites excluding steroid dienone is 1. The number of unbranched alkanes of at least 4 members (excludes halogenated alkanes) is 1. The summed E-state index contributed by atoms with van der Waals surface area (Å²) in [5.41, 5.74) is 4.84. The second kappa shape index (κ2) is 14.1. The molecule has 0 aromatic heterocycles. The van der Waals surface area contributed by atoms with Gasteiger partial charge in [0.05, 0.1) is 12.8 Å². The fourth-order valence-electron chi connectivity index (χ4n) is 2.90. The second-order valence-corrected chi connectivity index (χ2v) is 8.07. The second-order valence-electron chi connectivity index (χ2n) is 7.16. The Morgan fingerprint density at radius 3 is 2.55 bits per heavy atom. The molecule has 0 atom stereocenters. The van der Waals surface area contributed by atoms with E-state index < -0.39 is 11.8 Å². The summed E-state index contributed by atoms with van der Waals surface area (Å²) in [4.78, 5) is 23.6. The lowest BCUT2D eigenvalue weighted by Crippen LogP contribution is -2.38. The van der Waals surface area contributed by atoms with E-state index in [4.69, 9.17) is 9.47 Å². The Kier molecular flexibility index (Phi) is 11.2. The van der Waals surface area contributed by atoms with Gasteiger partial charge in [-0.15, -0.1) is 6.58 Å². The average molecular weight is 516 g/mol. The summed E-state index contributed by atoms with van der Waals surface area (Å²) in [5.74, 6) is -0.317. The van der Waals surface area contributed by atoms with Gasteiger partial charge in [0, 0.05) is 16.6 Å². The minimum Gasteiger partial charge on any atom is -0.490 e. The van der Waals surface area contributed by atoms with Gasteiger partial charge in [-0.2, -0.15) is 5.10 Å². The molecule has 2 aromatic carbocycles. The van der Waals surface area contributed by atoms with Crippen molar-refractivity contribution < 1.29 is 19.1 Å². The van der Waals surface area contributed by atoms with E-state index in [0.29, 0.717) is 43.2 Å². The van der Waals surface area contributed by atoms with Crippen LogP contribution in [0.25, 0.3) is 0 Å². The number of amides is 2. The number of benzene rings is 2. The molecule has 7 nitrogen and oxygen atoms in total. The van der Waals surface area contributed by atoms with E-state index >= 15 is 0 Å². The highest BCUT2D eigenvalue weighted by Crippen LogP contribution is 2.34. The van der Waals surface area contributed by atoms with Crippen LogP contribution in [0, 0.1) is 0 Å². The average Bonchev–Trinajstić information content (AvgIpc) is 2.80. The van der Waals surface area contributed by atoms with Gasteiger partial charge < -0.3 is 14.8 Å². The van der Waals surface area contributed by atoms with Gasteiger partial charge >= 0.3 is 11.8 Å². The van der Waals surface area contributed by atoms with Crippen LogP contribution in [0.5, 0.6) is 11.5 Å². The maximum atomic E-state index is 11.9. The Balaban J connectivity index is 2.16. The van der Waals surface area contributed by atoms with E-state index in [9.17, 15) is 9.59 Å².